The minimum absolute atomic E-state index is 0.0733. The summed E-state index contributed by atoms with van der Waals surface area (Å²) >= 11 is 5.28. The molecular weight excluding hydrogens is 265 g/mol. The van der Waals surface area contributed by atoms with Gasteiger partial charge in [0.15, 0.2) is 0 Å². The number of allylic oxidation sites excluding steroid dienone is 2. The third-order valence-electron chi connectivity index (χ3n) is 2.74. The van der Waals surface area contributed by atoms with Crippen LogP contribution in [-0.2, 0) is 6.18 Å². The predicted octanol–water partition coefficient (Wildman–Crippen LogP) is 4.82. The van der Waals surface area contributed by atoms with Crippen LogP contribution in [0.1, 0.15) is 40.9 Å². The Labute approximate surface area is 108 Å². The molecule has 0 spiro atoms. The third-order valence-corrected chi connectivity index (χ3v) is 2.94. The number of aryl methyl sites for hydroxylation is 1. The standard InChI is InChI=1S/C13H12ClF3O/c1-4-7(2)9-5-8(3)10(12(14)18)6-11(9)13(15,16)17/h4-6H,1-3H3. The lowest BCUT2D eigenvalue weighted by Crippen LogP contribution is -2.11. The molecule has 1 aromatic carbocycles. The first-order valence-electron chi connectivity index (χ1n) is 5.23. The first kappa shape index (κ1) is 14.8. The molecule has 0 fully saturated rings. The topological polar surface area (TPSA) is 17.1 Å². The summed E-state index contributed by atoms with van der Waals surface area (Å²) < 4.78 is 38.8. The van der Waals surface area contributed by atoms with Gasteiger partial charge in [-0.2, -0.15) is 13.2 Å². The van der Waals surface area contributed by atoms with Gasteiger partial charge in [-0.1, -0.05) is 12.1 Å². The number of carbonyl (C=O) groups excluding carboxylic acids is 1. The smallest absolute Gasteiger partial charge is 0.276 e. The van der Waals surface area contributed by atoms with Crippen LogP contribution in [0.4, 0.5) is 13.2 Å². The van der Waals surface area contributed by atoms with E-state index in [2.05, 4.69) is 0 Å². The second-order valence-electron chi connectivity index (χ2n) is 3.96. The highest BCUT2D eigenvalue weighted by molar-refractivity contribution is 6.67. The van der Waals surface area contributed by atoms with Gasteiger partial charge in [-0.05, 0) is 55.1 Å². The summed E-state index contributed by atoms with van der Waals surface area (Å²) in [7, 11) is 0. The molecule has 5 heteroatoms. The van der Waals surface area contributed by atoms with Gasteiger partial charge in [-0.15, -0.1) is 0 Å². The van der Waals surface area contributed by atoms with Crippen molar-refractivity contribution in [1.29, 1.82) is 0 Å². The van der Waals surface area contributed by atoms with Gasteiger partial charge in [-0.3, -0.25) is 4.79 Å². The van der Waals surface area contributed by atoms with E-state index in [1.54, 1.807) is 26.8 Å². The van der Waals surface area contributed by atoms with E-state index in [0.29, 0.717) is 11.1 Å². The lowest BCUT2D eigenvalue weighted by molar-refractivity contribution is -0.137. The van der Waals surface area contributed by atoms with Crippen molar-refractivity contribution in [3.05, 3.63) is 40.5 Å². The van der Waals surface area contributed by atoms with Gasteiger partial charge in [0, 0.05) is 5.56 Å². The van der Waals surface area contributed by atoms with E-state index in [1.165, 1.54) is 6.07 Å². The SMILES string of the molecule is CC=C(C)c1cc(C)c(C(=O)Cl)cc1C(F)(F)F. The monoisotopic (exact) mass is 276 g/mol. The summed E-state index contributed by atoms with van der Waals surface area (Å²) in [6.45, 7) is 4.81. The Morgan fingerprint density at radius 3 is 2.22 bits per heavy atom. The van der Waals surface area contributed by atoms with E-state index in [4.69, 9.17) is 11.6 Å². The minimum atomic E-state index is -4.52. The lowest BCUT2D eigenvalue weighted by Gasteiger charge is -2.16. The summed E-state index contributed by atoms with van der Waals surface area (Å²) in [6.07, 6.45) is -2.93. The minimum Gasteiger partial charge on any atom is -0.276 e. The molecule has 1 nitrogen and oxygen atoms in total. The fourth-order valence-electron chi connectivity index (χ4n) is 1.64. The first-order chi connectivity index (χ1) is 8.18. The Bertz CT molecular complexity index is 516. The average molecular weight is 277 g/mol. The number of rotatable bonds is 2. The van der Waals surface area contributed by atoms with Crippen LogP contribution < -0.4 is 0 Å². The van der Waals surface area contributed by atoms with Crippen LogP contribution >= 0.6 is 11.6 Å². The molecule has 0 unspecified atom stereocenters. The van der Waals surface area contributed by atoms with Gasteiger partial charge in [-0.25, -0.2) is 0 Å². The average Bonchev–Trinajstić information content (AvgIpc) is 2.25. The number of hydrogen-bond acceptors (Lipinski definition) is 1. The van der Waals surface area contributed by atoms with Crippen LogP contribution in [0.25, 0.3) is 5.57 Å². The molecule has 0 saturated heterocycles. The highest BCUT2D eigenvalue weighted by Gasteiger charge is 2.34. The Hall–Kier alpha value is -1.29. The van der Waals surface area contributed by atoms with Crippen molar-refractivity contribution in [1.82, 2.24) is 0 Å². The van der Waals surface area contributed by atoms with Gasteiger partial charge >= 0.3 is 6.18 Å². The van der Waals surface area contributed by atoms with Crippen molar-refractivity contribution in [2.24, 2.45) is 0 Å². The summed E-state index contributed by atoms with van der Waals surface area (Å²) in [4.78, 5) is 11.1. The van der Waals surface area contributed by atoms with Crippen molar-refractivity contribution < 1.29 is 18.0 Å². The van der Waals surface area contributed by atoms with E-state index in [0.717, 1.165) is 6.07 Å². The molecule has 0 saturated carbocycles. The molecule has 0 heterocycles. The third kappa shape index (κ3) is 2.93. The maximum Gasteiger partial charge on any atom is 0.417 e. The van der Waals surface area contributed by atoms with Crippen molar-refractivity contribution in [3.63, 3.8) is 0 Å². The number of alkyl halides is 3. The number of benzene rings is 1. The van der Waals surface area contributed by atoms with Crippen LogP contribution in [0, 0.1) is 6.92 Å². The van der Waals surface area contributed by atoms with E-state index in [-0.39, 0.29) is 11.1 Å². The maximum atomic E-state index is 12.9. The molecule has 0 aliphatic heterocycles. The Balaban J connectivity index is 3.63. The Kier molecular flexibility index (Phi) is 4.22. The molecule has 0 radical (unpaired) electrons. The molecule has 0 N–H and O–H groups in total. The van der Waals surface area contributed by atoms with Crippen LogP contribution in [0.3, 0.4) is 0 Å². The van der Waals surface area contributed by atoms with E-state index < -0.39 is 17.0 Å². The molecule has 1 rings (SSSR count). The highest BCUT2D eigenvalue weighted by Crippen LogP contribution is 2.36. The summed E-state index contributed by atoms with van der Waals surface area (Å²) in [5, 5.41) is -0.886. The molecule has 0 aromatic heterocycles. The van der Waals surface area contributed by atoms with Crippen molar-refractivity contribution in [3.8, 4) is 0 Å². The predicted molar refractivity (Wildman–Crippen MR) is 65.7 cm³/mol. The zero-order chi connectivity index (χ0) is 14.1. The summed E-state index contributed by atoms with van der Waals surface area (Å²) in [5.41, 5.74) is 0.0479. The maximum absolute atomic E-state index is 12.9. The van der Waals surface area contributed by atoms with Gasteiger partial charge in [0.25, 0.3) is 5.24 Å². The summed E-state index contributed by atoms with van der Waals surface area (Å²) in [5.74, 6) is 0. The van der Waals surface area contributed by atoms with Crippen LogP contribution in [0.15, 0.2) is 18.2 Å². The van der Waals surface area contributed by atoms with Gasteiger partial charge in [0.2, 0.25) is 0 Å². The zero-order valence-corrected chi connectivity index (χ0v) is 10.9. The molecule has 0 aliphatic carbocycles. The number of halogens is 4. The second kappa shape index (κ2) is 5.14. The molecule has 0 amide bonds. The van der Waals surface area contributed by atoms with E-state index in [1.807, 2.05) is 0 Å². The molecule has 0 bridgehead atoms. The highest BCUT2D eigenvalue weighted by atomic mass is 35.5. The lowest BCUT2D eigenvalue weighted by atomic mass is 9.94. The van der Waals surface area contributed by atoms with E-state index in [9.17, 15) is 18.0 Å². The fourth-order valence-corrected chi connectivity index (χ4v) is 1.84. The quantitative estimate of drug-likeness (QED) is 0.708. The molecule has 1 aromatic rings. The molecular formula is C13H12ClF3O. The molecule has 98 valence electrons. The van der Waals surface area contributed by atoms with Crippen LogP contribution in [0.2, 0.25) is 0 Å². The molecule has 0 atom stereocenters. The van der Waals surface area contributed by atoms with E-state index >= 15 is 0 Å². The van der Waals surface area contributed by atoms with Crippen molar-refractivity contribution >= 4 is 22.4 Å². The largest absolute Gasteiger partial charge is 0.417 e. The Morgan fingerprint density at radius 2 is 1.83 bits per heavy atom. The normalized spacial score (nSPS) is 12.7. The number of hydrogen-bond donors (Lipinski definition) is 0. The van der Waals surface area contributed by atoms with Crippen molar-refractivity contribution in [2.45, 2.75) is 26.9 Å². The van der Waals surface area contributed by atoms with Gasteiger partial charge in [0.1, 0.15) is 0 Å². The molecule has 0 aliphatic rings. The summed E-state index contributed by atoms with van der Waals surface area (Å²) in [6, 6.07) is 2.15. The van der Waals surface area contributed by atoms with Crippen LogP contribution in [0.5, 0.6) is 0 Å². The van der Waals surface area contributed by atoms with Gasteiger partial charge in [0.05, 0.1) is 5.56 Å². The number of carbonyl (C=O) groups is 1. The fraction of sp³-hybridized carbons (Fsp3) is 0.308. The molecule has 18 heavy (non-hydrogen) atoms. The second-order valence-corrected chi connectivity index (χ2v) is 4.30. The zero-order valence-electron chi connectivity index (χ0n) is 10.2. The first-order valence-corrected chi connectivity index (χ1v) is 5.61. The van der Waals surface area contributed by atoms with Crippen molar-refractivity contribution in [2.75, 3.05) is 0 Å². The van der Waals surface area contributed by atoms with Crippen LogP contribution in [-0.4, -0.2) is 5.24 Å². The van der Waals surface area contributed by atoms with Gasteiger partial charge < -0.3 is 0 Å². The Morgan fingerprint density at radius 1 is 1.28 bits per heavy atom.